The molecule has 0 unspecified atom stereocenters. The molecule has 18 heavy (non-hydrogen) atoms. The number of hydrogen-bond donors (Lipinski definition) is 0. The van der Waals surface area contributed by atoms with Crippen LogP contribution in [-0.4, -0.2) is 37.0 Å². The molecule has 1 aliphatic rings. The minimum absolute atomic E-state index is 0.0663. The van der Waals surface area contributed by atoms with Gasteiger partial charge < -0.3 is 9.47 Å². The number of carbonyl (C=O) groups is 2. The van der Waals surface area contributed by atoms with Crippen molar-refractivity contribution in [1.82, 2.24) is 0 Å². The molecule has 0 aromatic heterocycles. The maximum absolute atomic E-state index is 11.0. The fourth-order valence-electron chi connectivity index (χ4n) is 1.84. The SMILES string of the molecule is COC(=O)CSC[C@@H]1Cc2cc(C=O)ccc2O1. The van der Waals surface area contributed by atoms with Crippen molar-refractivity contribution in [2.45, 2.75) is 12.5 Å². The van der Waals surface area contributed by atoms with Gasteiger partial charge in [0.1, 0.15) is 18.1 Å². The van der Waals surface area contributed by atoms with Crippen LogP contribution < -0.4 is 4.74 Å². The highest BCUT2D eigenvalue weighted by molar-refractivity contribution is 7.99. The minimum atomic E-state index is -0.223. The Labute approximate surface area is 110 Å². The molecule has 1 atom stereocenters. The normalized spacial score (nSPS) is 16.8. The summed E-state index contributed by atoms with van der Waals surface area (Å²) in [5, 5.41) is 0. The van der Waals surface area contributed by atoms with Crippen molar-refractivity contribution >= 4 is 24.0 Å². The summed E-state index contributed by atoms with van der Waals surface area (Å²) in [5.74, 6) is 1.69. The number of hydrogen-bond acceptors (Lipinski definition) is 5. The van der Waals surface area contributed by atoms with Gasteiger partial charge in [0.05, 0.1) is 12.9 Å². The third-order valence-electron chi connectivity index (χ3n) is 2.71. The molecule has 2 rings (SSSR count). The molecule has 0 fully saturated rings. The molecule has 1 aliphatic heterocycles. The largest absolute Gasteiger partial charge is 0.489 e. The number of thioether (sulfide) groups is 1. The summed E-state index contributed by atoms with van der Waals surface area (Å²) < 4.78 is 10.3. The highest BCUT2D eigenvalue weighted by atomic mass is 32.2. The maximum atomic E-state index is 11.0. The van der Waals surface area contributed by atoms with Crippen molar-refractivity contribution in [3.8, 4) is 5.75 Å². The first-order valence-electron chi connectivity index (χ1n) is 5.62. The minimum Gasteiger partial charge on any atom is -0.489 e. The van der Waals surface area contributed by atoms with Gasteiger partial charge >= 0.3 is 5.97 Å². The number of ether oxygens (including phenoxy) is 2. The van der Waals surface area contributed by atoms with Gasteiger partial charge in [0, 0.05) is 17.7 Å². The number of fused-ring (bicyclic) bond motifs is 1. The van der Waals surface area contributed by atoms with Crippen molar-refractivity contribution < 1.29 is 19.1 Å². The zero-order valence-corrected chi connectivity index (χ0v) is 10.9. The fourth-order valence-corrected chi connectivity index (χ4v) is 2.69. The van der Waals surface area contributed by atoms with E-state index in [1.807, 2.05) is 12.1 Å². The number of methoxy groups -OCH3 is 1. The molecule has 0 spiro atoms. The Kier molecular flexibility index (Phi) is 4.25. The van der Waals surface area contributed by atoms with E-state index in [0.29, 0.717) is 11.3 Å². The van der Waals surface area contributed by atoms with E-state index in [1.54, 1.807) is 6.07 Å². The van der Waals surface area contributed by atoms with Crippen molar-refractivity contribution in [3.05, 3.63) is 29.3 Å². The van der Waals surface area contributed by atoms with E-state index in [-0.39, 0.29) is 12.1 Å². The van der Waals surface area contributed by atoms with E-state index in [4.69, 9.17) is 4.74 Å². The van der Waals surface area contributed by atoms with Crippen LogP contribution >= 0.6 is 11.8 Å². The van der Waals surface area contributed by atoms with Crippen LogP contribution in [0.1, 0.15) is 15.9 Å². The Morgan fingerprint density at radius 2 is 2.44 bits per heavy atom. The van der Waals surface area contributed by atoms with E-state index < -0.39 is 0 Å². The first-order valence-corrected chi connectivity index (χ1v) is 6.77. The van der Waals surface area contributed by atoms with Crippen LogP contribution in [0.2, 0.25) is 0 Å². The standard InChI is InChI=1S/C13H14O4S/c1-16-13(15)8-18-7-11-5-10-4-9(6-14)2-3-12(10)17-11/h2-4,6,11H,5,7-8H2,1H3/t11-/m0/s1. The summed E-state index contributed by atoms with van der Waals surface area (Å²) >= 11 is 1.49. The zero-order chi connectivity index (χ0) is 13.0. The molecular formula is C13H14O4S. The zero-order valence-electron chi connectivity index (χ0n) is 10.0. The summed E-state index contributed by atoms with van der Waals surface area (Å²) in [4.78, 5) is 21.6. The molecule has 4 nitrogen and oxygen atoms in total. The Balaban J connectivity index is 1.86. The molecule has 0 radical (unpaired) electrons. The molecule has 0 bridgehead atoms. The smallest absolute Gasteiger partial charge is 0.315 e. The van der Waals surface area contributed by atoms with E-state index in [1.165, 1.54) is 18.9 Å². The fraction of sp³-hybridized carbons (Fsp3) is 0.385. The van der Waals surface area contributed by atoms with Crippen molar-refractivity contribution in [2.75, 3.05) is 18.6 Å². The second-order valence-electron chi connectivity index (χ2n) is 4.02. The van der Waals surface area contributed by atoms with Crippen molar-refractivity contribution in [3.63, 3.8) is 0 Å². The molecule has 0 saturated carbocycles. The number of benzene rings is 1. The van der Waals surface area contributed by atoms with Crippen LogP contribution in [0.4, 0.5) is 0 Å². The molecule has 5 heteroatoms. The van der Waals surface area contributed by atoms with Gasteiger partial charge in [0.2, 0.25) is 0 Å². The number of esters is 1. The van der Waals surface area contributed by atoms with Gasteiger partial charge in [-0.1, -0.05) is 0 Å². The van der Waals surface area contributed by atoms with Gasteiger partial charge in [0.15, 0.2) is 0 Å². The highest BCUT2D eigenvalue weighted by Gasteiger charge is 2.23. The summed E-state index contributed by atoms with van der Waals surface area (Å²) in [6.45, 7) is 0. The summed E-state index contributed by atoms with van der Waals surface area (Å²) in [7, 11) is 1.38. The maximum Gasteiger partial charge on any atom is 0.315 e. The van der Waals surface area contributed by atoms with E-state index in [2.05, 4.69) is 4.74 Å². The average molecular weight is 266 g/mol. The van der Waals surface area contributed by atoms with Crippen LogP contribution in [0.25, 0.3) is 0 Å². The lowest BCUT2D eigenvalue weighted by Gasteiger charge is -2.09. The van der Waals surface area contributed by atoms with Crippen LogP contribution in [-0.2, 0) is 16.0 Å². The summed E-state index contributed by atoms with van der Waals surface area (Å²) in [6, 6.07) is 5.42. The van der Waals surface area contributed by atoms with Crippen molar-refractivity contribution in [1.29, 1.82) is 0 Å². The molecule has 1 heterocycles. The molecule has 0 N–H and O–H groups in total. The topological polar surface area (TPSA) is 52.6 Å². The molecule has 0 saturated heterocycles. The lowest BCUT2D eigenvalue weighted by Crippen LogP contribution is -2.17. The van der Waals surface area contributed by atoms with Gasteiger partial charge in [-0.05, 0) is 23.8 Å². The first kappa shape index (κ1) is 13.0. The third-order valence-corrected chi connectivity index (χ3v) is 3.76. The Bertz CT molecular complexity index is 458. The second-order valence-corrected chi connectivity index (χ2v) is 5.05. The summed E-state index contributed by atoms with van der Waals surface area (Å²) in [5.41, 5.74) is 1.73. The van der Waals surface area contributed by atoms with E-state index >= 15 is 0 Å². The van der Waals surface area contributed by atoms with Gasteiger partial charge in [0.25, 0.3) is 0 Å². The summed E-state index contributed by atoms with van der Waals surface area (Å²) in [6.07, 6.45) is 1.68. The number of carbonyl (C=O) groups excluding carboxylic acids is 2. The van der Waals surface area contributed by atoms with Gasteiger partial charge in [-0.15, -0.1) is 11.8 Å². The predicted octanol–water partition coefficient (Wildman–Crippen LogP) is 1.71. The Morgan fingerprint density at radius 3 is 3.17 bits per heavy atom. The quantitative estimate of drug-likeness (QED) is 0.600. The van der Waals surface area contributed by atoms with Gasteiger partial charge in [-0.25, -0.2) is 0 Å². The van der Waals surface area contributed by atoms with E-state index in [0.717, 1.165) is 29.8 Å². The molecule has 1 aromatic carbocycles. The monoisotopic (exact) mass is 266 g/mol. The second kappa shape index (κ2) is 5.91. The highest BCUT2D eigenvalue weighted by Crippen LogP contribution is 2.30. The lowest BCUT2D eigenvalue weighted by atomic mass is 10.1. The predicted molar refractivity (Wildman–Crippen MR) is 69.3 cm³/mol. The molecule has 0 amide bonds. The Hall–Kier alpha value is -1.49. The molecular weight excluding hydrogens is 252 g/mol. The molecule has 1 aromatic rings. The third kappa shape index (κ3) is 3.04. The Morgan fingerprint density at radius 1 is 1.61 bits per heavy atom. The van der Waals surface area contributed by atoms with Crippen LogP contribution in [0, 0.1) is 0 Å². The van der Waals surface area contributed by atoms with E-state index in [9.17, 15) is 9.59 Å². The van der Waals surface area contributed by atoms with Crippen LogP contribution in [0.15, 0.2) is 18.2 Å². The lowest BCUT2D eigenvalue weighted by molar-refractivity contribution is -0.137. The molecule has 96 valence electrons. The van der Waals surface area contributed by atoms with Gasteiger partial charge in [-0.2, -0.15) is 0 Å². The van der Waals surface area contributed by atoms with Crippen LogP contribution in [0.5, 0.6) is 5.75 Å². The molecule has 0 aliphatic carbocycles. The van der Waals surface area contributed by atoms with Crippen LogP contribution in [0.3, 0.4) is 0 Å². The first-order chi connectivity index (χ1) is 8.72. The van der Waals surface area contributed by atoms with Crippen molar-refractivity contribution in [2.24, 2.45) is 0 Å². The number of aldehydes is 1. The average Bonchev–Trinajstić information content (AvgIpc) is 2.79. The number of rotatable bonds is 5. The van der Waals surface area contributed by atoms with Gasteiger partial charge in [-0.3, -0.25) is 9.59 Å².